The van der Waals surface area contributed by atoms with Crippen LogP contribution >= 0.6 is 0 Å². The number of Topliss-reactive ketones (excluding diaryl/α,β-unsaturated/α-hetero) is 1. The number of hydrogen-bond donors (Lipinski definition) is 2. The summed E-state index contributed by atoms with van der Waals surface area (Å²) in [5.41, 5.74) is 1.36. The standard InChI is InChI=1S/C14H14N4O4/c1-8-13(9(2)19)16-17-18(8)7-12(20)15-11-5-3-10(4-6-11)14(21)22/h3-6H,7H2,1-2H3,(H,15,20)(H,21,22). The molecule has 8 heteroatoms. The number of nitrogens with one attached hydrogen (secondary N) is 1. The minimum atomic E-state index is -1.03. The molecule has 0 atom stereocenters. The molecular weight excluding hydrogens is 288 g/mol. The van der Waals surface area contributed by atoms with Crippen LogP contribution in [0, 0.1) is 6.92 Å². The summed E-state index contributed by atoms with van der Waals surface area (Å²) in [5.74, 6) is -1.60. The van der Waals surface area contributed by atoms with E-state index in [-0.39, 0.29) is 29.5 Å². The number of carbonyl (C=O) groups excluding carboxylic acids is 2. The Hall–Kier alpha value is -3.03. The van der Waals surface area contributed by atoms with Crippen LogP contribution < -0.4 is 5.32 Å². The Kier molecular flexibility index (Phi) is 4.31. The van der Waals surface area contributed by atoms with Crippen molar-refractivity contribution in [3.8, 4) is 0 Å². The summed E-state index contributed by atoms with van der Waals surface area (Å²) in [4.78, 5) is 33.9. The average Bonchev–Trinajstić information content (AvgIpc) is 2.80. The van der Waals surface area contributed by atoms with Crippen LogP contribution in [0.1, 0.15) is 33.5 Å². The summed E-state index contributed by atoms with van der Waals surface area (Å²) in [6, 6.07) is 5.78. The van der Waals surface area contributed by atoms with Crippen molar-refractivity contribution in [3.05, 3.63) is 41.2 Å². The first-order valence-corrected chi connectivity index (χ1v) is 6.42. The van der Waals surface area contributed by atoms with Gasteiger partial charge in [-0.05, 0) is 31.2 Å². The van der Waals surface area contributed by atoms with Gasteiger partial charge in [-0.25, -0.2) is 9.48 Å². The fraction of sp³-hybridized carbons (Fsp3) is 0.214. The zero-order valence-corrected chi connectivity index (χ0v) is 12.0. The fourth-order valence-corrected chi connectivity index (χ4v) is 1.87. The highest BCUT2D eigenvalue weighted by molar-refractivity contribution is 5.94. The third kappa shape index (κ3) is 3.35. The Labute approximate surface area is 125 Å². The van der Waals surface area contributed by atoms with Gasteiger partial charge < -0.3 is 10.4 Å². The number of anilines is 1. The Morgan fingerprint density at radius 3 is 2.36 bits per heavy atom. The van der Waals surface area contributed by atoms with Crippen LogP contribution in [0.3, 0.4) is 0 Å². The molecule has 114 valence electrons. The van der Waals surface area contributed by atoms with E-state index in [0.29, 0.717) is 11.4 Å². The molecule has 2 rings (SSSR count). The van der Waals surface area contributed by atoms with Crippen LogP contribution in [0.15, 0.2) is 24.3 Å². The van der Waals surface area contributed by atoms with Gasteiger partial charge in [0.1, 0.15) is 6.54 Å². The molecule has 22 heavy (non-hydrogen) atoms. The Morgan fingerprint density at radius 1 is 1.23 bits per heavy atom. The molecule has 0 aliphatic heterocycles. The fourth-order valence-electron chi connectivity index (χ4n) is 1.87. The zero-order chi connectivity index (χ0) is 16.3. The van der Waals surface area contributed by atoms with Crippen molar-refractivity contribution >= 4 is 23.3 Å². The molecule has 0 aliphatic carbocycles. The molecule has 0 spiro atoms. The van der Waals surface area contributed by atoms with Gasteiger partial charge in [-0.3, -0.25) is 9.59 Å². The Bertz CT molecular complexity index is 734. The molecule has 0 unspecified atom stereocenters. The molecule has 0 fully saturated rings. The van der Waals surface area contributed by atoms with Crippen molar-refractivity contribution in [2.75, 3.05) is 5.32 Å². The monoisotopic (exact) mass is 302 g/mol. The van der Waals surface area contributed by atoms with Gasteiger partial charge in [0, 0.05) is 12.6 Å². The molecule has 0 saturated heterocycles. The van der Waals surface area contributed by atoms with Crippen LogP contribution in [0.25, 0.3) is 0 Å². The van der Waals surface area contributed by atoms with Crippen molar-refractivity contribution in [2.24, 2.45) is 0 Å². The van der Waals surface area contributed by atoms with Crippen LogP contribution in [0.4, 0.5) is 5.69 Å². The maximum atomic E-state index is 11.9. The maximum absolute atomic E-state index is 11.9. The second kappa shape index (κ2) is 6.17. The average molecular weight is 302 g/mol. The van der Waals surface area contributed by atoms with E-state index in [1.165, 1.54) is 35.9 Å². The lowest BCUT2D eigenvalue weighted by Gasteiger charge is -2.06. The van der Waals surface area contributed by atoms with Crippen LogP contribution in [0.5, 0.6) is 0 Å². The summed E-state index contributed by atoms with van der Waals surface area (Å²) in [6.45, 7) is 2.95. The molecule has 1 amide bonds. The number of aromatic nitrogens is 3. The largest absolute Gasteiger partial charge is 0.478 e. The lowest BCUT2D eigenvalue weighted by atomic mass is 10.2. The predicted octanol–water partition coefficient (Wildman–Crippen LogP) is 1.13. The highest BCUT2D eigenvalue weighted by Gasteiger charge is 2.14. The van der Waals surface area contributed by atoms with E-state index < -0.39 is 5.97 Å². The first-order chi connectivity index (χ1) is 10.4. The summed E-state index contributed by atoms with van der Waals surface area (Å²) in [5, 5.41) is 18.9. The number of amides is 1. The van der Waals surface area contributed by atoms with Crippen LogP contribution in [-0.4, -0.2) is 37.8 Å². The van der Waals surface area contributed by atoms with Gasteiger partial charge in [-0.1, -0.05) is 5.21 Å². The summed E-state index contributed by atoms with van der Waals surface area (Å²) >= 11 is 0. The minimum Gasteiger partial charge on any atom is -0.478 e. The molecule has 0 radical (unpaired) electrons. The van der Waals surface area contributed by atoms with Crippen molar-refractivity contribution in [3.63, 3.8) is 0 Å². The number of rotatable bonds is 5. The molecule has 0 bridgehead atoms. The highest BCUT2D eigenvalue weighted by Crippen LogP contribution is 2.10. The molecule has 2 aromatic rings. The number of benzene rings is 1. The molecule has 0 saturated carbocycles. The number of aromatic carboxylic acids is 1. The van der Waals surface area contributed by atoms with Gasteiger partial charge in [-0.15, -0.1) is 5.10 Å². The van der Waals surface area contributed by atoms with Crippen LogP contribution in [0.2, 0.25) is 0 Å². The number of nitrogens with zero attached hydrogens (tertiary/aromatic N) is 3. The van der Waals surface area contributed by atoms with Crippen molar-refractivity contribution in [2.45, 2.75) is 20.4 Å². The van der Waals surface area contributed by atoms with E-state index in [4.69, 9.17) is 5.11 Å². The van der Waals surface area contributed by atoms with Gasteiger partial charge in [0.05, 0.1) is 11.3 Å². The molecule has 1 aromatic heterocycles. The van der Waals surface area contributed by atoms with E-state index in [1.54, 1.807) is 6.92 Å². The summed E-state index contributed by atoms with van der Waals surface area (Å²) < 4.78 is 1.33. The first-order valence-electron chi connectivity index (χ1n) is 6.42. The molecule has 1 aromatic carbocycles. The van der Waals surface area contributed by atoms with Gasteiger partial charge in [0.25, 0.3) is 0 Å². The van der Waals surface area contributed by atoms with E-state index >= 15 is 0 Å². The number of carbonyl (C=O) groups is 3. The van der Waals surface area contributed by atoms with Crippen LogP contribution in [-0.2, 0) is 11.3 Å². The Morgan fingerprint density at radius 2 is 1.86 bits per heavy atom. The van der Waals surface area contributed by atoms with Gasteiger partial charge in [0.15, 0.2) is 11.5 Å². The summed E-state index contributed by atoms with van der Waals surface area (Å²) in [6.07, 6.45) is 0. The first kappa shape index (κ1) is 15.4. The quantitative estimate of drug-likeness (QED) is 0.800. The van der Waals surface area contributed by atoms with E-state index in [9.17, 15) is 14.4 Å². The van der Waals surface area contributed by atoms with Crippen molar-refractivity contribution in [1.29, 1.82) is 0 Å². The number of carboxylic acids is 1. The van der Waals surface area contributed by atoms with Crippen molar-refractivity contribution in [1.82, 2.24) is 15.0 Å². The Balaban J connectivity index is 2.04. The van der Waals surface area contributed by atoms with Crippen molar-refractivity contribution < 1.29 is 19.5 Å². The third-order valence-electron chi connectivity index (χ3n) is 3.03. The smallest absolute Gasteiger partial charge is 0.335 e. The molecule has 0 aliphatic rings. The van der Waals surface area contributed by atoms with Gasteiger partial charge in [-0.2, -0.15) is 0 Å². The second-order valence-electron chi connectivity index (χ2n) is 4.67. The summed E-state index contributed by atoms with van der Waals surface area (Å²) in [7, 11) is 0. The molecular formula is C14H14N4O4. The lowest BCUT2D eigenvalue weighted by Crippen LogP contribution is -2.20. The zero-order valence-electron chi connectivity index (χ0n) is 12.0. The number of ketones is 1. The van der Waals surface area contributed by atoms with E-state index in [2.05, 4.69) is 15.6 Å². The number of carboxylic acid groups (broad SMARTS) is 1. The highest BCUT2D eigenvalue weighted by atomic mass is 16.4. The van der Waals surface area contributed by atoms with E-state index in [0.717, 1.165) is 0 Å². The topological polar surface area (TPSA) is 114 Å². The maximum Gasteiger partial charge on any atom is 0.335 e. The minimum absolute atomic E-state index is 0.0905. The second-order valence-corrected chi connectivity index (χ2v) is 4.67. The molecule has 8 nitrogen and oxygen atoms in total. The SMILES string of the molecule is CC(=O)c1nnn(CC(=O)Nc2ccc(C(=O)O)cc2)c1C. The third-order valence-corrected chi connectivity index (χ3v) is 3.03. The molecule has 1 heterocycles. The van der Waals surface area contributed by atoms with E-state index in [1.807, 2.05) is 0 Å². The number of hydrogen-bond acceptors (Lipinski definition) is 5. The lowest BCUT2D eigenvalue weighted by molar-refractivity contribution is -0.117. The van der Waals surface area contributed by atoms with Gasteiger partial charge in [0.2, 0.25) is 5.91 Å². The predicted molar refractivity (Wildman–Crippen MR) is 76.8 cm³/mol. The molecule has 2 N–H and O–H groups in total. The normalized spacial score (nSPS) is 10.3. The van der Waals surface area contributed by atoms with Gasteiger partial charge >= 0.3 is 5.97 Å².